The summed E-state index contributed by atoms with van der Waals surface area (Å²) in [7, 11) is 6.31. The number of rotatable bonds is 7. The second kappa shape index (κ2) is 8.80. The normalized spacial score (nSPS) is 17.1. The second-order valence-electron chi connectivity index (χ2n) is 6.95. The molecule has 3 rings (SSSR count). The van der Waals surface area contributed by atoms with Gasteiger partial charge in [-0.15, -0.1) is 11.8 Å². The first-order valence-electron chi connectivity index (χ1n) is 9.11. The zero-order valence-electron chi connectivity index (χ0n) is 16.2. The van der Waals surface area contributed by atoms with Crippen LogP contribution in [-0.2, 0) is 6.54 Å². The van der Waals surface area contributed by atoms with Crippen LogP contribution in [0.1, 0.15) is 12.0 Å². The molecule has 2 aromatic rings. The van der Waals surface area contributed by atoms with Gasteiger partial charge in [0.1, 0.15) is 11.5 Å². The summed E-state index contributed by atoms with van der Waals surface area (Å²) in [6.45, 7) is 2.98. The average molecular weight is 372 g/mol. The van der Waals surface area contributed by atoms with E-state index in [4.69, 9.17) is 4.74 Å². The summed E-state index contributed by atoms with van der Waals surface area (Å²) in [6, 6.07) is 15.4. The Kier molecular flexibility index (Phi) is 6.46. The second-order valence-corrected chi connectivity index (χ2v) is 7.83. The Morgan fingerprint density at radius 2 is 1.96 bits per heavy atom. The van der Waals surface area contributed by atoms with Crippen molar-refractivity contribution in [2.24, 2.45) is 0 Å². The molecule has 0 radical (unpaired) electrons. The van der Waals surface area contributed by atoms with E-state index in [2.05, 4.69) is 65.8 Å². The van der Waals surface area contributed by atoms with Gasteiger partial charge in [0.05, 0.1) is 0 Å². The summed E-state index contributed by atoms with van der Waals surface area (Å²) < 4.78 is 6.16. The number of nitrogens with zero attached hydrogens (tertiary/aromatic N) is 2. The Labute approximate surface area is 161 Å². The van der Waals surface area contributed by atoms with Gasteiger partial charge in [-0.1, -0.05) is 0 Å². The summed E-state index contributed by atoms with van der Waals surface area (Å²) in [4.78, 5) is 6.04. The standard InChI is InChI=1S/C21H29N3OS/c1-22-14-16-13-17(24-12-11-18(15-24)23(2)3)5-10-21(16)25-19-6-8-20(26-4)9-7-19/h5-10,13,18,22H,11-12,14-15H2,1-4H3. The molecule has 1 N–H and O–H groups in total. The van der Waals surface area contributed by atoms with Gasteiger partial charge in [0.15, 0.2) is 0 Å². The first kappa shape index (κ1) is 19.1. The van der Waals surface area contributed by atoms with Crippen LogP contribution in [0.25, 0.3) is 0 Å². The van der Waals surface area contributed by atoms with Gasteiger partial charge >= 0.3 is 0 Å². The molecule has 0 aliphatic carbocycles. The minimum absolute atomic E-state index is 0.633. The molecule has 0 aromatic heterocycles. The van der Waals surface area contributed by atoms with Crippen molar-refractivity contribution in [1.82, 2.24) is 10.2 Å². The summed E-state index contributed by atoms with van der Waals surface area (Å²) >= 11 is 1.74. The van der Waals surface area contributed by atoms with Crippen LogP contribution in [0.4, 0.5) is 5.69 Å². The summed E-state index contributed by atoms with van der Waals surface area (Å²) in [5.74, 6) is 1.80. The molecule has 2 aromatic carbocycles. The van der Waals surface area contributed by atoms with E-state index < -0.39 is 0 Å². The molecule has 1 aliphatic rings. The van der Waals surface area contributed by atoms with Gasteiger partial charge in [-0.2, -0.15) is 0 Å². The van der Waals surface area contributed by atoms with Gasteiger partial charge < -0.3 is 19.9 Å². The summed E-state index contributed by atoms with van der Waals surface area (Å²) in [5.41, 5.74) is 2.47. The fourth-order valence-electron chi connectivity index (χ4n) is 3.36. The van der Waals surface area contributed by atoms with E-state index in [1.54, 1.807) is 11.8 Å². The lowest BCUT2D eigenvalue weighted by Crippen LogP contribution is -2.31. The number of hydrogen-bond acceptors (Lipinski definition) is 5. The smallest absolute Gasteiger partial charge is 0.132 e. The summed E-state index contributed by atoms with van der Waals surface area (Å²) in [6.07, 6.45) is 3.30. The monoisotopic (exact) mass is 371 g/mol. The third-order valence-electron chi connectivity index (χ3n) is 4.96. The molecular weight excluding hydrogens is 342 g/mol. The van der Waals surface area contributed by atoms with Crippen LogP contribution < -0.4 is 15.0 Å². The first-order valence-corrected chi connectivity index (χ1v) is 10.3. The molecule has 0 amide bonds. The third kappa shape index (κ3) is 4.53. The molecule has 5 heteroatoms. The topological polar surface area (TPSA) is 27.7 Å². The largest absolute Gasteiger partial charge is 0.457 e. The highest BCUT2D eigenvalue weighted by Gasteiger charge is 2.24. The predicted molar refractivity (Wildman–Crippen MR) is 112 cm³/mol. The Morgan fingerprint density at radius 1 is 1.19 bits per heavy atom. The zero-order valence-corrected chi connectivity index (χ0v) is 17.0. The van der Waals surface area contributed by atoms with Crippen LogP contribution in [0.15, 0.2) is 47.4 Å². The van der Waals surface area contributed by atoms with Gasteiger partial charge in [-0.3, -0.25) is 0 Å². The molecule has 1 unspecified atom stereocenters. The number of ether oxygens (including phenoxy) is 1. The summed E-state index contributed by atoms with van der Waals surface area (Å²) in [5, 5.41) is 3.26. The molecule has 26 heavy (non-hydrogen) atoms. The van der Waals surface area contributed by atoms with Crippen molar-refractivity contribution in [3.8, 4) is 11.5 Å². The molecular formula is C21H29N3OS. The molecule has 1 heterocycles. The minimum atomic E-state index is 0.633. The van der Waals surface area contributed by atoms with E-state index in [0.29, 0.717) is 6.04 Å². The maximum atomic E-state index is 6.16. The van der Waals surface area contributed by atoms with Crippen molar-refractivity contribution >= 4 is 17.4 Å². The van der Waals surface area contributed by atoms with Crippen molar-refractivity contribution in [3.63, 3.8) is 0 Å². The van der Waals surface area contributed by atoms with Crippen LogP contribution in [0.5, 0.6) is 11.5 Å². The maximum absolute atomic E-state index is 6.16. The lowest BCUT2D eigenvalue weighted by atomic mass is 10.1. The van der Waals surface area contributed by atoms with Crippen molar-refractivity contribution in [3.05, 3.63) is 48.0 Å². The first-order chi connectivity index (χ1) is 12.6. The minimum Gasteiger partial charge on any atom is -0.457 e. The highest BCUT2D eigenvalue weighted by atomic mass is 32.2. The SMILES string of the molecule is CNCc1cc(N2CCC(N(C)C)C2)ccc1Oc1ccc(SC)cc1. The fourth-order valence-corrected chi connectivity index (χ4v) is 3.77. The van der Waals surface area contributed by atoms with E-state index in [0.717, 1.165) is 31.1 Å². The van der Waals surface area contributed by atoms with Crippen LogP contribution in [-0.4, -0.2) is 51.4 Å². The number of likely N-dealkylation sites (N-methyl/N-ethyl adjacent to an activating group) is 1. The molecule has 1 aliphatic heterocycles. The lowest BCUT2D eigenvalue weighted by molar-refractivity contribution is 0.315. The lowest BCUT2D eigenvalue weighted by Gasteiger charge is -2.23. The number of benzene rings is 2. The Bertz CT molecular complexity index is 718. The molecule has 1 fully saturated rings. The zero-order chi connectivity index (χ0) is 18.5. The third-order valence-corrected chi connectivity index (χ3v) is 5.70. The molecule has 0 spiro atoms. The molecule has 0 saturated carbocycles. The molecule has 0 bridgehead atoms. The Hall–Kier alpha value is -1.69. The van der Waals surface area contributed by atoms with Gasteiger partial charge in [0.2, 0.25) is 0 Å². The average Bonchev–Trinajstić information content (AvgIpc) is 3.14. The number of thioether (sulfide) groups is 1. The van der Waals surface area contributed by atoms with E-state index in [1.807, 2.05) is 19.2 Å². The van der Waals surface area contributed by atoms with Gasteiger partial charge in [0, 0.05) is 41.8 Å². The van der Waals surface area contributed by atoms with Crippen molar-refractivity contribution in [2.45, 2.75) is 23.9 Å². The van der Waals surface area contributed by atoms with Crippen molar-refractivity contribution in [2.75, 3.05) is 45.4 Å². The number of nitrogens with one attached hydrogen (secondary N) is 1. The fraction of sp³-hybridized carbons (Fsp3) is 0.429. The Balaban J connectivity index is 1.78. The van der Waals surface area contributed by atoms with Crippen molar-refractivity contribution in [1.29, 1.82) is 0 Å². The molecule has 4 nitrogen and oxygen atoms in total. The van der Waals surface area contributed by atoms with Gasteiger partial charge in [-0.25, -0.2) is 0 Å². The molecule has 140 valence electrons. The van der Waals surface area contributed by atoms with E-state index in [1.165, 1.54) is 22.6 Å². The number of anilines is 1. The number of hydrogen-bond donors (Lipinski definition) is 1. The van der Waals surface area contributed by atoms with Crippen LogP contribution >= 0.6 is 11.8 Å². The quantitative estimate of drug-likeness (QED) is 0.741. The van der Waals surface area contributed by atoms with Crippen LogP contribution in [0, 0.1) is 0 Å². The molecule has 1 saturated heterocycles. The molecule has 1 atom stereocenters. The van der Waals surface area contributed by atoms with Crippen LogP contribution in [0.2, 0.25) is 0 Å². The van der Waals surface area contributed by atoms with E-state index in [9.17, 15) is 0 Å². The van der Waals surface area contributed by atoms with Gasteiger partial charge in [-0.05, 0) is 76.3 Å². The Morgan fingerprint density at radius 3 is 2.58 bits per heavy atom. The van der Waals surface area contributed by atoms with Gasteiger partial charge in [0.25, 0.3) is 0 Å². The highest BCUT2D eigenvalue weighted by molar-refractivity contribution is 7.98. The predicted octanol–water partition coefficient (Wildman–Crippen LogP) is 4.06. The van der Waals surface area contributed by atoms with Crippen molar-refractivity contribution < 1.29 is 4.74 Å². The highest BCUT2D eigenvalue weighted by Crippen LogP contribution is 2.31. The van der Waals surface area contributed by atoms with Crippen LogP contribution in [0.3, 0.4) is 0 Å². The maximum Gasteiger partial charge on any atom is 0.132 e. The van der Waals surface area contributed by atoms with E-state index in [-0.39, 0.29) is 0 Å². The van der Waals surface area contributed by atoms with E-state index >= 15 is 0 Å².